The molecular formula is C17H16N2O5. The lowest BCUT2D eigenvalue weighted by atomic mass is 10.2. The Hall–Kier alpha value is -3.22. The molecule has 0 fully saturated rings. The molecule has 2 N–H and O–H groups in total. The average Bonchev–Trinajstić information content (AvgIpc) is 2.94. The van der Waals surface area contributed by atoms with Crippen molar-refractivity contribution in [3.05, 3.63) is 53.0 Å². The number of aromatic amines is 1. The fraction of sp³-hybridized carbons (Fsp3) is 0.176. The van der Waals surface area contributed by atoms with Crippen LogP contribution in [0.3, 0.4) is 0 Å². The van der Waals surface area contributed by atoms with Gasteiger partial charge in [0.25, 0.3) is 0 Å². The molecule has 1 aromatic heterocycles. The number of rotatable bonds is 6. The van der Waals surface area contributed by atoms with Crippen molar-refractivity contribution >= 4 is 22.7 Å². The first-order chi connectivity index (χ1) is 11.7. The molecule has 124 valence electrons. The van der Waals surface area contributed by atoms with Gasteiger partial charge in [-0.1, -0.05) is 12.1 Å². The summed E-state index contributed by atoms with van der Waals surface area (Å²) >= 11 is 0. The summed E-state index contributed by atoms with van der Waals surface area (Å²) in [6.07, 6.45) is 0.179. The lowest BCUT2D eigenvalue weighted by Crippen LogP contribution is -2.15. The lowest BCUT2D eigenvalue weighted by molar-refractivity contribution is -0.116. The van der Waals surface area contributed by atoms with Crippen LogP contribution in [0.1, 0.15) is 6.42 Å². The third kappa shape index (κ3) is 3.57. The summed E-state index contributed by atoms with van der Waals surface area (Å²) in [6.45, 7) is 0.219. The lowest BCUT2D eigenvalue weighted by Gasteiger charge is -2.10. The molecule has 1 amide bonds. The molecule has 2 aromatic carbocycles. The van der Waals surface area contributed by atoms with E-state index in [1.165, 1.54) is 0 Å². The summed E-state index contributed by atoms with van der Waals surface area (Å²) in [6, 6.07) is 12.2. The van der Waals surface area contributed by atoms with E-state index in [0.717, 1.165) is 0 Å². The molecule has 0 saturated carbocycles. The van der Waals surface area contributed by atoms with Crippen LogP contribution in [-0.4, -0.2) is 24.6 Å². The van der Waals surface area contributed by atoms with E-state index >= 15 is 0 Å². The summed E-state index contributed by atoms with van der Waals surface area (Å²) < 4.78 is 15.6. The fourth-order valence-electron chi connectivity index (χ4n) is 2.24. The first-order valence-electron chi connectivity index (χ1n) is 7.34. The van der Waals surface area contributed by atoms with Crippen LogP contribution in [0.25, 0.3) is 11.1 Å². The zero-order valence-electron chi connectivity index (χ0n) is 13.0. The zero-order valence-corrected chi connectivity index (χ0v) is 13.0. The summed E-state index contributed by atoms with van der Waals surface area (Å²) in [5.41, 5.74) is 1.54. The molecule has 0 unspecified atom stereocenters. The number of hydrogen-bond acceptors (Lipinski definition) is 5. The van der Waals surface area contributed by atoms with Gasteiger partial charge in [-0.2, -0.15) is 0 Å². The molecule has 0 aliphatic rings. The van der Waals surface area contributed by atoms with Crippen LogP contribution < -0.4 is 20.5 Å². The summed E-state index contributed by atoms with van der Waals surface area (Å²) in [5.74, 6) is 0.478. The third-order valence-corrected chi connectivity index (χ3v) is 3.36. The van der Waals surface area contributed by atoms with Gasteiger partial charge in [-0.05, 0) is 30.3 Å². The van der Waals surface area contributed by atoms with Gasteiger partial charge in [-0.25, -0.2) is 4.79 Å². The Morgan fingerprint density at radius 1 is 1.21 bits per heavy atom. The monoisotopic (exact) mass is 328 g/mol. The SMILES string of the molecule is COc1ccccc1OCCC(=O)Nc1ccc2oc(=O)[nH]c2c1. The molecule has 0 atom stereocenters. The molecule has 0 radical (unpaired) electrons. The van der Waals surface area contributed by atoms with Crippen LogP contribution in [0, 0.1) is 0 Å². The topological polar surface area (TPSA) is 93.6 Å². The number of amides is 1. The minimum absolute atomic E-state index is 0.179. The number of methoxy groups -OCH3 is 1. The highest BCUT2D eigenvalue weighted by molar-refractivity contribution is 5.92. The van der Waals surface area contributed by atoms with Gasteiger partial charge in [0, 0.05) is 5.69 Å². The average molecular weight is 328 g/mol. The second kappa shape index (κ2) is 6.91. The van der Waals surface area contributed by atoms with E-state index in [0.29, 0.717) is 28.3 Å². The van der Waals surface area contributed by atoms with Crippen LogP contribution >= 0.6 is 0 Å². The van der Waals surface area contributed by atoms with E-state index in [4.69, 9.17) is 13.9 Å². The van der Waals surface area contributed by atoms with Gasteiger partial charge >= 0.3 is 5.76 Å². The highest BCUT2D eigenvalue weighted by Gasteiger charge is 2.07. The van der Waals surface area contributed by atoms with Crippen molar-refractivity contribution in [2.75, 3.05) is 19.0 Å². The maximum Gasteiger partial charge on any atom is 0.417 e. The van der Waals surface area contributed by atoms with Crippen LogP contribution in [0.5, 0.6) is 11.5 Å². The molecule has 0 spiro atoms. The predicted octanol–water partition coefficient (Wildman–Crippen LogP) is 2.54. The van der Waals surface area contributed by atoms with Crippen molar-refractivity contribution in [1.29, 1.82) is 0 Å². The molecule has 0 bridgehead atoms. The van der Waals surface area contributed by atoms with E-state index in [9.17, 15) is 9.59 Å². The molecule has 3 rings (SSSR count). The van der Waals surface area contributed by atoms with Crippen molar-refractivity contribution < 1.29 is 18.7 Å². The zero-order chi connectivity index (χ0) is 16.9. The number of benzene rings is 2. The standard InChI is InChI=1S/C17H16N2O5/c1-22-14-4-2-3-5-15(14)23-9-8-16(20)18-11-6-7-13-12(10-11)19-17(21)24-13/h2-7,10H,8-9H2,1H3,(H,18,20)(H,19,21). The molecular weight excluding hydrogens is 312 g/mol. The van der Waals surface area contributed by atoms with Gasteiger partial charge in [0.05, 0.1) is 25.7 Å². The van der Waals surface area contributed by atoms with Gasteiger partial charge in [-0.15, -0.1) is 0 Å². The van der Waals surface area contributed by atoms with Gasteiger partial charge in [0.1, 0.15) is 0 Å². The Morgan fingerprint density at radius 3 is 2.79 bits per heavy atom. The predicted molar refractivity (Wildman–Crippen MR) is 88.6 cm³/mol. The van der Waals surface area contributed by atoms with Gasteiger partial charge in [0.15, 0.2) is 17.1 Å². The highest BCUT2D eigenvalue weighted by atomic mass is 16.5. The minimum atomic E-state index is -0.529. The largest absolute Gasteiger partial charge is 0.493 e. The molecule has 0 saturated heterocycles. The maximum atomic E-state index is 12.0. The van der Waals surface area contributed by atoms with Crippen LogP contribution in [0.2, 0.25) is 0 Å². The Labute approximate surface area is 137 Å². The molecule has 1 heterocycles. The Balaban J connectivity index is 1.55. The number of H-pyrrole nitrogens is 1. The number of nitrogens with one attached hydrogen (secondary N) is 2. The van der Waals surface area contributed by atoms with Gasteiger partial charge in [0.2, 0.25) is 5.91 Å². The second-order valence-electron chi connectivity index (χ2n) is 5.02. The van der Waals surface area contributed by atoms with E-state index in [2.05, 4.69) is 10.3 Å². The number of anilines is 1. The number of aromatic nitrogens is 1. The molecule has 0 aliphatic heterocycles. The molecule has 7 heteroatoms. The summed E-state index contributed by atoms with van der Waals surface area (Å²) in [4.78, 5) is 25.6. The maximum absolute atomic E-state index is 12.0. The molecule has 0 aliphatic carbocycles. The van der Waals surface area contributed by atoms with Crippen molar-refractivity contribution in [3.8, 4) is 11.5 Å². The summed E-state index contributed by atoms with van der Waals surface area (Å²) in [5, 5.41) is 2.74. The number of hydrogen-bond donors (Lipinski definition) is 2. The van der Waals surface area contributed by atoms with Gasteiger partial charge in [-0.3, -0.25) is 9.78 Å². The van der Waals surface area contributed by atoms with Crippen molar-refractivity contribution in [3.63, 3.8) is 0 Å². The first-order valence-corrected chi connectivity index (χ1v) is 7.34. The number of fused-ring (bicyclic) bond motifs is 1. The Morgan fingerprint density at radius 2 is 2.00 bits per heavy atom. The number of oxazole rings is 1. The smallest absolute Gasteiger partial charge is 0.417 e. The summed E-state index contributed by atoms with van der Waals surface area (Å²) in [7, 11) is 1.56. The number of carbonyl (C=O) groups is 1. The van der Waals surface area contributed by atoms with E-state index < -0.39 is 5.76 Å². The Kier molecular flexibility index (Phi) is 4.51. The second-order valence-corrected chi connectivity index (χ2v) is 5.02. The normalized spacial score (nSPS) is 10.5. The van der Waals surface area contributed by atoms with Crippen LogP contribution in [0.4, 0.5) is 5.69 Å². The Bertz CT molecular complexity index is 912. The van der Waals surface area contributed by atoms with Crippen molar-refractivity contribution in [2.24, 2.45) is 0 Å². The van der Waals surface area contributed by atoms with Crippen molar-refractivity contribution in [1.82, 2.24) is 4.98 Å². The van der Waals surface area contributed by atoms with Crippen LogP contribution in [0.15, 0.2) is 51.7 Å². The van der Waals surface area contributed by atoms with Gasteiger partial charge < -0.3 is 19.2 Å². The highest BCUT2D eigenvalue weighted by Crippen LogP contribution is 2.25. The van der Waals surface area contributed by atoms with E-state index in [1.54, 1.807) is 37.4 Å². The molecule has 3 aromatic rings. The molecule has 24 heavy (non-hydrogen) atoms. The van der Waals surface area contributed by atoms with E-state index in [1.807, 2.05) is 12.1 Å². The first kappa shape index (κ1) is 15.7. The molecule has 7 nitrogen and oxygen atoms in total. The van der Waals surface area contributed by atoms with Crippen LogP contribution in [-0.2, 0) is 4.79 Å². The van der Waals surface area contributed by atoms with Crippen molar-refractivity contribution in [2.45, 2.75) is 6.42 Å². The number of para-hydroxylation sites is 2. The van der Waals surface area contributed by atoms with E-state index in [-0.39, 0.29) is 18.9 Å². The number of carbonyl (C=O) groups excluding carboxylic acids is 1. The minimum Gasteiger partial charge on any atom is -0.493 e. The quantitative estimate of drug-likeness (QED) is 0.725. The number of ether oxygens (including phenoxy) is 2. The fourth-order valence-corrected chi connectivity index (χ4v) is 2.24. The third-order valence-electron chi connectivity index (χ3n) is 3.36.